The summed E-state index contributed by atoms with van der Waals surface area (Å²) in [5.41, 5.74) is 0.288. The lowest BCUT2D eigenvalue weighted by molar-refractivity contribution is -0.0615. The summed E-state index contributed by atoms with van der Waals surface area (Å²) in [6, 6.07) is 0.131. The average molecular weight is 317 g/mol. The summed E-state index contributed by atoms with van der Waals surface area (Å²) in [5, 5.41) is 3.07. The first-order chi connectivity index (χ1) is 9.28. The summed E-state index contributed by atoms with van der Waals surface area (Å²) in [5.74, 6) is 0.117. The number of rotatable bonds is 3. The Morgan fingerprint density at radius 2 is 2.25 bits per heavy atom. The van der Waals surface area contributed by atoms with Gasteiger partial charge in [0.15, 0.2) is 4.47 Å². The van der Waals surface area contributed by atoms with Gasteiger partial charge in [-0.25, -0.2) is 4.98 Å². The third kappa shape index (κ3) is 3.71. The molecule has 0 bridgehead atoms. The summed E-state index contributed by atoms with van der Waals surface area (Å²) in [6.45, 7) is 8.85. The standard InChI is InChI=1S/C14H21ClN2O2S/c1-8(2)11-10(17-13(15)20-11)12(18)16-9-5-6-19-14(3,4)7-9/h8-9H,5-7H2,1-4H3,(H,16,18). The Labute approximate surface area is 128 Å². The number of aromatic nitrogens is 1. The van der Waals surface area contributed by atoms with Crippen LogP contribution in [-0.4, -0.2) is 29.1 Å². The largest absolute Gasteiger partial charge is 0.375 e. The van der Waals surface area contributed by atoms with Gasteiger partial charge in [0.2, 0.25) is 0 Å². The van der Waals surface area contributed by atoms with Gasteiger partial charge in [-0.05, 0) is 32.6 Å². The van der Waals surface area contributed by atoms with Crippen LogP contribution in [0.5, 0.6) is 0 Å². The van der Waals surface area contributed by atoms with Gasteiger partial charge in [-0.3, -0.25) is 4.79 Å². The molecule has 1 unspecified atom stereocenters. The molecule has 6 heteroatoms. The number of halogens is 1. The van der Waals surface area contributed by atoms with Gasteiger partial charge in [-0.15, -0.1) is 11.3 Å². The highest BCUT2D eigenvalue weighted by molar-refractivity contribution is 7.16. The Morgan fingerprint density at radius 1 is 1.55 bits per heavy atom. The fourth-order valence-corrected chi connectivity index (χ4v) is 3.59. The molecule has 0 aromatic carbocycles. The number of carbonyl (C=O) groups is 1. The van der Waals surface area contributed by atoms with Crippen molar-refractivity contribution in [2.45, 2.75) is 58.1 Å². The molecule has 1 amide bonds. The van der Waals surface area contributed by atoms with Gasteiger partial charge in [0.05, 0.1) is 5.60 Å². The lowest BCUT2D eigenvalue weighted by Gasteiger charge is -2.35. The van der Waals surface area contributed by atoms with Crippen LogP contribution >= 0.6 is 22.9 Å². The fourth-order valence-electron chi connectivity index (χ4n) is 2.47. The third-order valence-corrected chi connectivity index (χ3v) is 4.86. The summed E-state index contributed by atoms with van der Waals surface area (Å²) in [6.07, 6.45) is 1.65. The molecule has 1 aromatic rings. The average Bonchev–Trinajstić information content (AvgIpc) is 2.70. The Bertz CT molecular complexity index is 499. The van der Waals surface area contributed by atoms with Crippen LogP contribution in [0, 0.1) is 0 Å². The van der Waals surface area contributed by atoms with Gasteiger partial charge in [0.25, 0.3) is 5.91 Å². The molecule has 1 N–H and O–H groups in total. The monoisotopic (exact) mass is 316 g/mol. The summed E-state index contributed by atoms with van der Waals surface area (Å²) in [4.78, 5) is 17.5. The minimum Gasteiger partial charge on any atom is -0.375 e. The zero-order valence-electron chi connectivity index (χ0n) is 12.3. The van der Waals surface area contributed by atoms with Gasteiger partial charge in [0, 0.05) is 17.5 Å². The number of hydrogen-bond acceptors (Lipinski definition) is 4. The summed E-state index contributed by atoms with van der Waals surface area (Å²) < 4.78 is 6.09. The number of nitrogens with one attached hydrogen (secondary N) is 1. The van der Waals surface area contributed by atoms with Crippen molar-refractivity contribution in [1.82, 2.24) is 10.3 Å². The Balaban J connectivity index is 2.09. The molecule has 1 aliphatic heterocycles. The predicted molar refractivity (Wildman–Crippen MR) is 81.7 cm³/mol. The van der Waals surface area contributed by atoms with E-state index < -0.39 is 0 Å². The normalized spacial score (nSPS) is 22.0. The number of thiazole rings is 1. The van der Waals surface area contributed by atoms with Crippen molar-refractivity contribution in [3.63, 3.8) is 0 Å². The van der Waals surface area contributed by atoms with E-state index in [9.17, 15) is 4.79 Å². The zero-order chi connectivity index (χ0) is 14.9. The molecule has 4 nitrogen and oxygen atoms in total. The number of ether oxygens (including phenoxy) is 1. The SMILES string of the molecule is CC(C)c1sc(Cl)nc1C(=O)NC1CCOC(C)(C)C1. The molecule has 0 aliphatic carbocycles. The summed E-state index contributed by atoms with van der Waals surface area (Å²) >= 11 is 7.33. The van der Waals surface area contributed by atoms with Gasteiger partial charge < -0.3 is 10.1 Å². The van der Waals surface area contributed by atoms with Crippen molar-refractivity contribution in [1.29, 1.82) is 0 Å². The molecule has 0 radical (unpaired) electrons. The van der Waals surface area contributed by atoms with E-state index in [-0.39, 0.29) is 23.5 Å². The maximum absolute atomic E-state index is 12.4. The first-order valence-corrected chi connectivity index (χ1v) is 8.09. The second-order valence-electron chi connectivity index (χ2n) is 6.11. The predicted octanol–water partition coefficient (Wildman–Crippen LogP) is 3.61. The second kappa shape index (κ2) is 6.00. The van der Waals surface area contributed by atoms with Crippen LogP contribution in [0.4, 0.5) is 0 Å². The third-order valence-electron chi connectivity index (χ3n) is 3.40. The lowest BCUT2D eigenvalue weighted by atomic mass is 9.94. The van der Waals surface area contributed by atoms with E-state index in [1.165, 1.54) is 11.3 Å². The molecule has 1 saturated heterocycles. The van der Waals surface area contributed by atoms with E-state index in [0.717, 1.165) is 17.7 Å². The fraction of sp³-hybridized carbons (Fsp3) is 0.714. The van der Waals surface area contributed by atoms with Gasteiger partial charge in [-0.1, -0.05) is 25.4 Å². The maximum Gasteiger partial charge on any atom is 0.271 e. The van der Waals surface area contributed by atoms with Crippen molar-refractivity contribution in [3.05, 3.63) is 15.0 Å². The van der Waals surface area contributed by atoms with Crippen molar-refractivity contribution in [2.75, 3.05) is 6.61 Å². The molecule has 2 heterocycles. The molecule has 1 atom stereocenters. The summed E-state index contributed by atoms with van der Waals surface area (Å²) in [7, 11) is 0. The number of carbonyl (C=O) groups excluding carboxylic acids is 1. The highest BCUT2D eigenvalue weighted by Gasteiger charge is 2.31. The lowest BCUT2D eigenvalue weighted by Crippen LogP contribution is -2.46. The molecule has 1 aromatic heterocycles. The molecule has 2 rings (SSSR count). The van der Waals surface area contributed by atoms with Crippen molar-refractivity contribution < 1.29 is 9.53 Å². The maximum atomic E-state index is 12.4. The van der Waals surface area contributed by atoms with Crippen molar-refractivity contribution >= 4 is 28.8 Å². The molecular formula is C14H21ClN2O2S. The molecule has 112 valence electrons. The first-order valence-electron chi connectivity index (χ1n) is 6.89. The van der Waals surface area contributed by atoms with Crippen LogP contribution in [0.1, 0.15) is 61.8 Å². The van der Waals surface area contributed by atoms with Gasteiger partial charge >= 0.3 is 0 Å². The van der Waals surface area contributed by atoms with Gasteiger partial charge in [-0.2, -0.15) is 0 Å². The van der Waals surface area contributed by atoms with E-state index >= 15 is 0 Å². The van der Waals surface area contributed by atoms with Crippen molar-refractivity contribution in [3.8, 4) is 0 Å². The quantitative estimate of drug-likeness (QED) is 0.926. The van der Waals surface area contributed by atoms with Crippen LogP contribution in [0.15, 0.2) is 0 Å². The smallest absolute Gasteiger partial charge is 0.271 e. The van der Waals surface area contributed by atoms with E-state index in [0.29, 0.717) is 16.8 Å². The van der Waals surface area contributed by atoms with Crippen LogP contribution < -0.4 is 5.32 Å². The molecule has 1 fully saturated rings. The first kappa shape index (κ1) is 15.7. The van der Waals surface area contributed by atoms with E-state index in [1.807, 2.05) is 27.7 Å². The minimum atomic E-state index is -0.184. The molecule has 0 saturated carbocycles. The van der Waals surface area contributed by atoms with Crippen LogP contribution in [0.3, 0.4) is 0 Å². The molecule has 0 spiro atoms. The topological polar surface area (TPSA) is 51.2 Å². The van der Waals surface area contributed by atoms with Crippen LogP contribution in [0.25, 0.3) is 0 Å². The highest BCUT2D eigenvalue weighted by Crippen LogP contribution is 2.30. The van der Waals surface area contributed by atoms with E-state index in [4.69, 9.17) is 16.3 Å². The molecular weight excluding hydrogens is 296 g/mol. The van der Waals surface area contributed by atoms with Crippen LogP contribution in [0.2, 0.25) is 4.47 Å². The Kier molecular flexibility index (Phi) is 4.72. The molecule has 1 aliphatic rings. The van der Waals surface area contributed by atoms with E-state index in [1.54, 1.807) is 0 Å². The second-order valence-corrected chi connectivity index (χ2v) is 7.72. The van der Waals surface area contributed by atoms with E-state index in [2.05, 4.69) is 10.3 Å². The number of nitrogens with zero attached hydrogens (tertiary/aromatic N) is 1. The number of amides is 1. The van der Waals surface area contributed by atoms with Crippen LogP contribution in [-0.2, 0) is 4.74 Å². The minimum absolute atomic E-state index is 0.125. The highest BCUT2D eigenvalue weighted by atomic mass is 35.5. The Morgan fingerprint density at radius 3 is 2.85 bits per heavy atom. The Hall–Kier alpha value is -0.650. The van der Waals surface area contributed by atoms with Crippen molar-refractivity contribution in [2.24, 2.45) is 0 Å². The zero-order valence-corrected chi connectivity index (χ0v) is 13.9. The van der Waals surface area contributed by atoms with Gasteiger partial charge in [0.1, 0.15) is 5.69 Å². The molecule has 20 heavy (non-hydrogen) atoms. The number of hydrogen-bond donors (Lipinski definition) is 1.